The van der Waals surface area contributed by atoms with Crippen LogP contribution in [0.3, 0.4) is 0 Å². The highest BCUT2D eigenvalue weighted by atomic mass is 16.4. The van der Waals surface area contributed by atoms with Crippen molar-refractivity contribution in [1.82, 2.24) is 0 Å². The number of carboxylic acid groups (broad SMARTS) is 1. The molecule has 1 aromatic rings. The molecule has 3 rings (SSSR count). The molecule has 0 spiro atoms. The molecule has 0 heterocycles. The van der Waals surface area contributed by atoms with E-state index in [9.17, 15) is 19.8 Å². The largest absolute Gasteiger partial charge is 0.481 e. The predicted octanol–water partition coefficient (Wildman–Crippen LogP) is 4.26. The number of rotatable bonds is 12. The minimum atomic E-state index is -0.799. The number of unbranched alkanes of at least 4 members (excludes halogenated alkanes) is 1. The van der Waals surface area contributed by atoms with Crippen LogP contribution in [0.2, 0.25) is 0 Å². The SMILES string of the molecule is O=C(O)CCCC=CC[C@H]1[C@@H](O)CC(=O)[C@@H]1C=C[C@@H](O)CCCC1Cc2ccccc2C1. The van der Waals surface area contributed by atoms with Crippen LogP contribution in [0.25, 0.3) is 0 Å². The van der Waals surface area contributed by atoms with Gasteiger partial charge in [-0.05, 0) is 62.0 Å². The lowest BCUT2D eigenvalue weighted by Crippen LogP contribution is -2.19. The van der Waals surface area contributed by atoms with Gasteiger partial charge >= 0.3 is 5.97 Å². The van der Waals surface area contributed by atoms with Crippen LogP contribution >= 0.6 is 0 Å². The second-order valence-corrected chi connectivity index (χ2v) is 9.35. The molecule has 0 aromatic heterocycles. The molecule has 174 valence electrons. The summed E-state index contributed by atoms with van der Waals surface area (Å²) in [7, 11) is 0. The smallest absolute Gasteiger partial charge is 0.303 e. The second-order valence-electron chi connectivity index (χ2n) is 9.35. The fourth-order valence-electron chi connectivity index (χ4n) is 5.08. The summed E-state index contributed by atoms with van der Waals surface area (Å²) in [5.74, 6) is -0.672. The highest BCUT2D eigenvalue weighted by Crippen LogP contribution is 2.34. The molecular weight excluding hydrogens is 404 g/mol. The summed E-state index contributed by atoms with van der Waals surface area (Å²) in [4.78, 5) is 22.9. The molecule has 4 atom stereocenters. The number of hydrogen-bond acceptors (Lipinski definition) is 4. The van der Waals surface area contributed by atoms with Crippen LogP contribution in [0.5, 0.6) is 0 Å². The van der Waals surface area contributed by atoms with Crippen molar-refractivity contribution in [3.63, 3.8) is 0 Å². The van der Waals surface area contributed by atoms with Gasteiger partial charge in [0, 0.05) is 24.7 Å². The average molecular weight is 441 g/mol. The third-order valence-corrected chi connectivity index (χ3v) is 6.86. The maximum absolute atomic E-state index is 12.3. The van der Waals surface area contributed by atoms with Gasteiger partial charge in [-0.2, -0.15) is 0 Å². The quantitative estimate of drug-likeness (QED) is 0.334. The van der Waals surface area contributed by atoms with Gasteiger partial charge in [0.1, 0.15) is 5.78 Å². The van der Waals surface area contributed by atoms with Gasteiger partial charge < -0.3 is 15.3 Å². The van der Waals surface area contributed by atoms with Crippen molar-refractivity contribution in [1.29, 1.82) is 0 Å². The maximum atomic E-state index is 12.3. The van der Waals surface area contributed by atoms with Gasteiger partial charge in [-0.25, -0.2) is 0 Å². The molecule has 0 aliphatic heterocycles. The number of carbonyl (C=O) groups excluding carboxylic acids is 1. The number of aliphatic hydroxyl groups is 2. The number of carboxylic acids is 1. The topological polar surface area (TPSA) is 94.8 Å². The lowest BCUT2D eigenvalue weighted by Gasteiger charge is -2.17. The first-order chi connectivity index (χ1) is 15.4. The van der Waals surface area contributed by atoms with Gasteiger partial charge in [0.2, 0.25) is 0 Å². The lowest BCUT2D eigenvalue weighted by molar-refractivity contribution is -0.137. The Bertz CT molecular complexity index is 802. The zero-order valence-corrected chi connectivity index (χ0v) is 18.7. The van der Waals surface area contributed by atoms with Gasteiger partial charge in [-0.15, -0.1) is 0 Å². The minimum Gasteiger partial charge on any atom is -0.481 e. The Balaban J connectivity index is 1.40. The van der Waals surface area contributed by atoms with E-state index in [1.54, 1.807) is 12.2 Å². The van der Waals surface area contributed by atoms with Crippen LogP contribution in [0.1, 0.15) is 62.5 Å². The number of hydrogen-bond donors (Lipinski definition) is 3. The number of Topliss-reactive ketones (excluding diaryl/α,β-unsaturated/α-hetero) is 1. The molecule has 5 nitrogen and oxygen atoms in total. The van der Waals surface area contributed by atoms with Crippen molar-refractivity contribution in [2.24, 2.45) is 17.8 Å². The number of fused-ring (bicyclic) bond motifs is 1. The van der Waals surface area contributed by atoms with E-state index in [4.69, 9.17) is 5.11 Å². The molecule has 0 unspecified atom stereocenters. The normalized spacial score (nSPS) is 24.6. The lowest BCUT2D eigenvalue weighted by atomic mass is 9.90. The average Bonchev–Trinajstić information content (AvgIpc) is 3.28. The van der Waals surface area contributed by atoms with E-state index in [0.717, 1.165) is 25.7 Å². The zero-order chi connectivity index (χ0) is 22.9. The summed E-state index contributed by atoms with van der Waals surface area (Å²) in [5, 5.41) is 29.3. The first kappa shape index (κ1) is 24.4. The molecule has 2 aliphatic carbocycles. The first-order valence-electron chi connectivity index (χ1n) is 11.9. The molecule has 3 N–H and O–H groups in total. The van der Waals surface area contributed by atoms with Crippen LogP contribution < -0.4 is 0 Å². The molecule has 32 heavy (non-hydrogen) atoms. The summed E-state index contributed by atoms with van der Waals surface area (Å²) in [6.45, 7) is 0. The van der Waals surface area contributed by atoms with Crippen molar-refractivity contribution >= 4 is 11.8 Å². The van der Waals surface area contributed by atoms with E-state index in [0.29, 0.717) is 31.6 Å². The molecule has 0 saturated heterocycles. The van der Waals surface area contributed by atoms with Crippen LogP contribution in [0.15, 0.2) is 48.6 Å². The highest BCUT2D eigenvalue weighted by molar-refractivity contribution is 5.86. The van der Waals surface area contributed by atoms with Gasteiger partial charge in [-0.1, -0.05) is 55.0 Å². The third-order valence-electron chi connectivity index (χ3n) is 6.86. The summed E-state index contributed by atoms with van der Waals surface area (Å²) < 4.78 is 0. The fourth-order valence-corrected chi connectivity index (χ4v) is 5.08. The second kappa shape index (κ2) is 12.1. The number of aliphatic carboxylic acids is 1. The van der Waals surface area contributed by atoms with Crippen molar-refractivity contribution in [3.05, 3.63) is 59.7 Å². The van der Waals surface area contributed by atoms with Crippen LogP contribution in [-0.2, 0) is 22.4 Å². The Morgan fingerprint density at radius 3 is 2.50 bits per heavy atom. The fraction of sp³-hybridized carbons (Fsp3) is 0.556. The van der Waals surface area contributed by atoms with E-state index in [1.807, 2.05) is 12.2 Å². The summed E-state index contributed by atoms with van der Waals surface area (Å²) in [6, 6.07) is 8.61. The van der Waals surface area contributed by atoms with Crippen molar-refractivity contribution in [3.8, 4) is 0 Å². The van der Waals surface area contributed by atoms with Gasteiger partial charge in [0.15, 0.2) is 0 Å². The minimum absolute atomic E-state index is 0.0222. The van der Waals surface area contributed by atoms with E-state index in [-0.39, 0.29) is 30.5 Å². The maximum Gasteiger partial charge on any atom is 0.303 e. The molecular formula is C27H36O5. The van der Waals surface area contributed by atoms with Crippen LogP contribution in [0, 0.1) is 17.8 Å². The van der Waals surface area contributed by atoms with Crippen molar-refractivity contribution < 1.29 is 24.9 Å². The van der Waals surface area contributed by atoms with E-state index in [1.165, 1.54) is 11.1 Å². The number of aliphatic hydroxyl groups excluding tert-OH is 2. The first-order valence-corrected chi connectivity index (χ1v) is 11.9. The van der Waals surface area contributed by atoms with E-state index >= 15 is 0 Å². The summed E-state index contributed by atoms with van der Waals surface area (Å²) in [6.07, 6.45) is 13.3. The highest BCUT2D eigenvalue weighted by Gasteiger charge is 2.39. The molecule has 1 fully saturated rings. The molecule has 5 heteroatoms. The van der Waals surface area contributed by atoms with Gasteiger partial charge in [0.25, 0.3) is 0 Å². The Morgan fingerprint density at radius 2 is 1.81 bits per heavy atom. The zero-order valence-electron chi connectivity index (χ0n) is 18.7. The summed E-state index contributed by atoms with van der Waals surface area (Å²) in [5.41, 5.74) is 2.91. The Hall–Kier alpha value is -2.24. The van der Waals surface area contributed by atoms with Gasteiger partial charge in [-0.3, -0.25) is 9.59 Å². The monoisotopic (exact) mass is 440 g/mol. The van der Waals surface area contributed by atoms with E-state index in [2.05, 4.69) is 24.3 Å². The van der Waals surface area contributed by atoms with Gasteiger partial charge in [0.05, 0.1) is 12.2 Å². The third kappa shape index (κ3) is 7.14. The van der Waals surface area contributed by atoms with Crippen molar-refractivity contribution in [2.45, 2.75) is 76.4 Å². The molecule has 0 bridgehead atoms. The number of benzene rings is 1. The number of allylic oxidation sites excluding steroid dienone is 3. The Morgan fingerprint density at radius 1 is 1.09 bits per heavy atom. The molecule has 1 saturated carbocycles. The van der Waals surface area contributed by atoms with Crippen molar-refractivity contribution in [2.75, 3.05) is 0 Å². The molecule has 2 aliphatic rings. The van der Waals surface area contributed by atoms with Crippen LogP contribution in [0.4, 0.5) is 0 Å². The molecule has 0 amide bonds. The number of carbonyl (C=O) groups is 2. The molecule has 0 radical (unpaired) electrons. The Labute approximate surface area is 190 Å². The standard InChI is InChI=1S/C27H36O5/c28-22(11-7-8-19-16-20-9-5-6-10-21(20)17-19)14-15-24-23(25(29)18-26(24)30)12-3-1-2-4-13-27(31)32/h1,3,5-6,9-10,14-15,19,22-25,28-29H,2,4,7-8,11-13,16-18H2,(H,31,32)/t22-,23+,24+,25-/m0/s1. The van der Waals surface area contributed by atoms with E-state index < -0.39 is 18.2 Å². The number of ketones is 1. The van der Waals surface area contributed by atoms with Crippen LogP contribution in [-0.4, -0.2) is 39.3 Å². The summed E-state index contributed by atoms with van der Waals surface area (Å²) >= 11 is 0. The Kier molecular flexibility index (Phi) is 9.24. The molecule has 1 aromatic carbocycles. The predicted molar refractivity (Wildman–Crippen MR) is 124 cm³/mol.